The van der Waals surface area contributed by atoms with Gasteiger partial charge in [0.2, 0.25) is 0 Å². The van der Waals surface area contributed by atoms with Crippen molar-refractivity contribution in [2.45, 2.75) is 5.56 Å². The van der Waals surface area contributed by atoms with E-state index in [9.17, 15) is 13.5 Å². The second kappa shape index (κ2) is 2.61. The molecule has 0 spiro atoms. The van der Waals surface area contributed by atoms with Crippen LogP contribution < -0.4 is 0 Å². The molecule has 0 heterocycles. The summed E-state index contributed by atoms with van der Waals surface area (Å²) in [4.78, 5) is 0.856. The molecule has 0 aliphatic carbocycles. The zero-order valence-corrected chi connectivity index (χ0v) is 5.92. The molecule has 1 radical (unpaired) electrons. The van der Waals surface area contributed by atoms with Crippen LogP contribution in [0, 0.1) is 0 Å². The molecule has 0 aliphatic heterocycles. The third-order valence-electron chi connectivity index (χ3n) is 0.676. The fraction of sp³-hybridized carbons (Fsp3) is 1.00. The highest BCUT2D eigenvalue weighted by Crippen LogP contribution is 1.96. The van der Waals surface area contributed by atoms with Gasteiger partial charge in [0.25, 0.3) is 5.56 Å². The fourth-order valence-corrected chi connectivity index (χ4v) is 0.799. The summed E-state index contributed by atoms with van der Waals surface area (Å²) < 4.78 is 28.0. The average Bonchev–Trinajstić information content (AvgIpc) is 1.62. The van der Waals surface area contributed by atoms with Crippen LogP contribution in [0.1, 0.15) is 0 Å². The molecule has 55 valence electrons. The predicted octanol–water partition coefficient (Wildman–Crippen LogP) is -0.850. The Bertz CT molecular complexity index is 172. The summed E-state index contributed by atoms with van der Waals surface area (Å²) in [5.74, 6) is 0. The Morgan fingerprint density at radius 1 is 1.44 bits per heavy atom. The largest absolute Gasteiger partial charge is 0.310 e. The van der Waals surface area contributed by atoms with Crippen molar-refractivity contribution >= 4 is 10.1 Å². The molecule has 0 amide bonds. The highest BCUT2D eigenvalue weighted by Gasteiger charge is 2.23. The van der Waals surface area contributed by atoms with Crippen molar-refractivity contribution < 1.29 is 18.1 Å². The molecule has 9 heavy (non-hydrogen) atoms. The van der Waals surface area contributed by atoms with E-state index in [1.165, 1.54) is 14.1 Å². The first kappa shape index (κ1) is 8.83. The molecular formula is C3H8NO4S. The maximum Gasteiger partial charge on any atom is 0.310 e. The van der Waals surface area contributed by atoms with E-state index in [1.807, 2.05) is 0 Å². The van der Waals surface area contributed by atoms with Crippen LogP contribution in [0.5, 0.6) is 0 Å². The number of hydrogen-bond acceptors (Lipinski definition) is 3. The minimum Gasteiger partial charge on any atom is -0.282 e. The van der Waals surface area contributed by atoms with Gasteiger partial charge in [-0.25, -0.2) is 0 Å². The van der Waals surface area contributed by atoms with Crippen molar-refractivity contribution in [3.8, 4) is 0 Å². The Labute approximate surface area is 53.7 Å². The molecule has 0 aromatic rings. The molecule has 1 atom stereocenters. The highest BCUT2D eigenvalue weighted by molar-refractivity contribution is 7.86. The van der Waals surface area contributed by atoms with E-state index in [0.717, 1.165) is 4.90 Å². The van der Waals surface area contributed by atoms with Gasteiger partial charge in [-0.2, -0.15) is 13.5 Å². The Kier molecular flexibility index (Phi) is 2.56. The Hall–Kier alpha value is -0.170. The normalized spacial score (nSPS) is 16.1. The molecule has 0 saturated heterocycles. The Morgan fingerprint density at radius 3 is 1.78 bits per heavy atom. The first-order valence-electron chi connectivity index (χ1n) is 2.14. The molecule has 0 fully saturated rings. The lowest BCUT2D eigenvalue weighted by molar-refractivity contribution is 0.0382. The van der Waals surface area contributed by atoms with Gasteiger partial charge in [-0.3, -0.25) is 9.45 Å². The summed E-state index contributed by atoms with van der Waals surface area (Å²) >= 11 is 0. The second-order valence-electron chi connectivity index (χ2n) is 1.79. The van der Waals surface area contributed by atoms with Gasteiger partial charge >= 0.3 is 10.1 Å². The maximum absolute atomic E-state index is 10.3. The van der Waals surface area contributed by atoms with E-state index < -0.39 is 15.7 Å². The topological polar surface area (TPSA) is 77.5 Å². The van der Waals surface area contributed by atoms with Gasteiger partial charge < -0.3 is 0 Å². The van der Waals surface area contributed by atoms with Crippen LogP contribution in [0.4, 0.5) is 0 Å². The minimum absolute atomic E-state index is 0.856. The van der Waals surface area contributed by atoms with Crippen LogP contribution >= 0.6 is 0 Å². The average molecular weight is 154 g/mol. The van der Waals surface area contributed by atoms with E-state index in [0.29, 0.717) is 0 Å². The van der Waals surface area contributed by atoms with Gasteiger partial charge in [-0.15, -0.1) is 0 Å². The highest BCUT2D eigenvalue weighted by atomic mass is 32.2. The van der Waals surface area contributed by atoms with Crippen LogP contribution in [0.25, 0.3) is 0 Å². The van der Waals surface area contributed by atoms with E-state index in [2.05, 4.69) is 0 Å². The van der Waals surface area contributed by atoms with Crippen molar-refractivity contribution in [1.82, 2.24) is 4.90 Å². The first-order valence-corrected chi connectivity index (χ1v) is 3.64. The lowest BCUT2D eigenvalue weighted by atomic mass is 10.9. The van der Waals surface area contributed by atoms with Crippen LogP contribution in [-0.4, -0.2) is 37.5 Å². The Morgan fingerprint density at radius 2 is 1.78 bits per heavy atom. The van der Waals surface area contributed by atoms with Crippen LogP contribution in [0.2, 0.25) is 0 Å². The van der Waals surface area contributed by atoms with Crippen LogP contribution in [-0.2, 0) is 15.2 Å². The molecule has 0 aromatic carbocycles. The summed E-state index contributed by atoms with van der Waals surface area (Å²) in [6.07, 6.45) is 0. The summed E-state index contributed by atoms with van der Waals surface area (Å²) in [7, 11) is -1.89. The molecule has 0 rings (SSSR count). The molecule has 5 nitrogen and oxygen atoms in total. The molecule has 6 heteroatoms. The maximum atomic E-state index is 10.3. The van der Waals surface area contributed by atoms with Crippen molar-refractivity contribution in [2.75, 3.05) is 14.1 Å². The zero-order chi connectivity index (χ0) is 7.65. The van der Waals surface area contributed by atoms with Crippen molar-refractivity contribution in [1.29, 1.82) is 0 Å². The second-order valence-corrected chi connectivity index (χ2v) is 3.22. The number of nitrogens with zero attached hydrogens (tertiary/aromatic N) is 1. The van der Waals surface area contributed by atoms with Gasteiger partial charge in [0.05, 0.1) is 0 Å². The smallest absolute Gasteiger partial charge is 0.282 e. The molecule has 0 bridgehead atoms. The molecule has 0 saturated carbocycles. The van der Waals surface area contributed by atoms with Crippen LogP contribution in [0.3, 0.4) is 0 Å². The summed E-state index contributed by atoms with van der Waals surface area (Å²) in [6.45, 7) is 0. The van der Waals surface area contributed by atoms with Gasteiger partial charge in [-0.05, 0) is 14.1 Å². The van der Waals surface area contributed by atoms with Gasteiger partial charge in [0, 0.05) is 0 Å². The monoisotopic (exact) mass is 154 g/mol. The summed E-state index contributed by atoms with van der Waals surface area (Å²) in [6, 6.07) is 0. The van der Waals surface area contributed by atoms with Gasteiger partial charge in [-0.1, -0.05) is 0 Å². The standard InChI is InChI=1S/C3H8NO4S/c1-4(2)3(5)9(6,7)8/h3H,1-2H3,(H,6,7,8). The van der Waals surface area contributed by atoms with E-state index in [1.54, 1.807) is 0 Å². The van der Waals surface area contributed by atoms with Gasteiger partial charge in [0.15, 0.2) is 0 Å². The van der Waals surface area contributed by atoms with Crippen molar-refractivity contribution in [3.63, 3.8) is 0 Å². The minimum atomic E-state index is -4.43. The molecule has 1 unspecified atom stereocenters. The Balaban J connectivity index is 4.24. The predicted molar refractivity (Wildman–Crippen MR) is 29.7 cm³/mol. The molecule has 0 aromatic heterocycles. The van der Waals surface area contributed by atoms with E-state index >= 15 is 0 Å². The number of rotatable bonds is 2. The SMILES string of the molecule is CN(C)C([O])S(=O)(=O)O. The number of hydrogen-bond donors (Lipinski definition) is 1. The molecular weight excluding hydrogens is 146 g/mol. The van der Waals surface area contributed by atoms with E-state index in [-0.39, 0.29) is 0 Å². The van der Waals surface area contributed by atoms with Gasteiger partial charge in [0.1, 0.15) is 0 Å². The van der Waals surface area contributed by atoms with E-state index in [4.69, 9.17) is 4.55 Å². The molecule has 0 aliphatic rings. The van der Waals surface area contributed by atoms with Crippen LogP contribution in [0.15, 0.2) is 0 Å². The summed E-state index contributed by atoms with van der Waals surface area (Å²) in [5, 5.41) is 10.3. The first-order chi connectivity index (χ1) is 3.85. The fourth-order valence-electron chi connectivity index (χ4n) is 0.266. The lowest BCUT2D eigenvalue weighted by Gasteiger charge is -2.11. The quantitative estimate of drug-likeness (QED) is 0.415. The van der Waals surface area contributed by atoms with Crippen molar-refractivity contribution in [3.05, 3.63) is 0 Å². The van der Waals surface area contributed by atoms with Crippen molar-refractivity contribution in [2.24, 2.45) is 0 Å². The third-order valence-corrected chi connectivity index (χ3v) is 1.61. The zero-order valence-electron chi connectivity index (χ0n) is 5.10. The lowest BCUT2D eigenvalue weighted by Crippen LogP contribution is -2.33. The summed E-state index contributed by atoms with van der Waals surface area (Å²) in [5.41, 5.74) is -2.07. The third kappa shape index (κ3) is 2.75. The molecule has 1 N–H and O–H groups in total.